The van der Waals surface area contributed by atoms with E-state index in [0.29, 0.717) is 38.2 Å². The molecule has 0 unspecified atom stereocenters. The van der Waals surface area contributed by atoms with Crippen LogP contribution in [0.5, 0.6) is 5.75 Å². The minimum atomic E-state index is -0.154. The SMILES string of the molecule is Cc1ccc(OCCCC(=O)N2CCC(NC(=O)c3ccccn3)CC2)cc1. The van der Waals surface area contributed by atoms with Crippen molar-refractivity contribution in [2.75, 3.05) is 19.7 Å². The quantitative estimate of drug-likeness (QED) is 0.749. The molecule has 2 aromatic rings. The van der Waals surface area contributed by atoms with Crippen molar-refractivity contribution in [3.8, 4) is 5.75 Å². The Morgan fingerprint density at radius 3 is 2.57 bits per heavy atom. The van der Waals surface area contributed by atoms with Gasteiger partial charge < -0.3 is 15.0 Å². The minimum Gasteiger partial charge on any atom is -0.494 e. The number of rotatable bonds is 7. The molecule has 0 spiro atoms. The van der Waals surface area contributed by atoms with Crippen molar-refractivity contribution < 1.29 is 14.3 Å². The molecule has 1 saturated heterocycles. The van der Waals surface area contributed by atoms with Crippen LogP contribution in [0.2, 0.25) is 0 Å². The number of carbonyl (C=O) groups is 2. The fraction of sp³-hybridized carbons (Fsp3) is 0.409. The van der Waals surface area contributed by atoms with E-state index in [1.165, 1.54) is 5.56 Å². The molecular formula is C22H27N3O3. The van der Waals surface area contributed by atoms with Gasteiger partial charge in [-0.3, -0.25) is 14.6 Å². The Morgan fingerprint density at radius 1 is 1.14 bits per heavy atom. The van der Waals surface area contributed by atoms with Crippen molar-refractivity contribution in [3.63, 3.8) is 0 Å². The fourth-order valence-electron chi connectivity index (χ4n) is 3.24. The summed E-state index contributed by atoms with van der Waals surface area (Å²) >= 11 is 0. The second-order valence-corrected chi connectivity index (χ2v) is 7.11. The normalized spacial score (nSPS) is 14.5. The highest BCUT2D eigenvalue weighted by atomic mass is 16.5. The Hall–Kier alpha value is -2.89. The predicted molar refractivity (Wildman–Crippen MR) is 107 cm³/mol. The monoisotopic (exact) mass is 381 g/mol. The van der Waals surface area contributed by atoms with Crippen molar-refractivity contribution in [2.45, 2.75) is 38.6 Å². The first-order valence-electron chi connectivity index (χ1n) is 9.81. The van der Waals surface area contributed by atoms with Crippen LogP contribution in [-0.2, 0) is 4.79 Å². The van der Waals surface area contributed by atoms with Crippen molar-refractivity contribution in [3.05, 3.63) is 59.9 Å². The molecule has 0 bridgehead atoms. The molecule has 0 atom stereocenters. The third kappa shape index (κ3) is 5.81. The van der Waals surface area contributed by atoms with Crippen molar-refractivity contribution >= 4 is 11.8 Å². The maximum Gasteiger partial charge on any atom is 0.270 e. The number of aromatic nitrogens is 1. The molecule has 3 rings (SSSR count). The molecule has 0 aliphatic carbocycles. The van der Waals surface area contributed by atoms with Crippen LogP contribution in [0.25, 0.3) is 0 Å². The summed E-state index contributed by atoms with van der Waals surface area (Å²) in [6, 6.07) is 13.3. The second-order valence-electron chi connectivity index (χ2n) is 7.11. The lowest BCUT2D eigenvalue weighted by Gasteiger charge is -2.32. The van der Waals surface area contributed by atoms with Crippen molar-refractivity contribution in [1.82, 2.24) is 15.2 Å². The van der Waals surface area contributed by atoms with Crippen LogP contribution in [0, 0.1) is 6.92 Å². The molecule has 2 amide bonds. The number of ether oxygens (including phenoxy) is 1. The highest BCUT2D eigenvalue weighted by Crippen LogP contribution is 2.14. The number of likely N-dealkylation sites (tertiary alicyclic amines) is 1. The molecule has 0 saturated carbocycles. The van der Waals surface area contributed by atoms with E-state index in [1.54, 1.807) is 24.4 Å². The zero-order valence-corrected chi connectivity index (χ0v) is 16.3. The van der Waals surface area contributed by atoms with Gasteiger partial charge in [0, 0.05) is 31.7 Å². The number of benzene rings is 1. The van der Waals surface area contributed by atoms with Crippen LogP contribution in [0.3, 0.4) is 0 Å². The Labute approximate surface area is 165 Å². The molecule has 1 aromatic carbocycles. The molecule has 0 radical (unpaired) electrons. The second kappa shape index (κ2) is 9.88. The van der Waals surface area contributed by atoms with E-state index in [1.807, 2.05) is 36.1 Å². The molecule has 6 heteroatoms. The van der Waals surface area contributed by atoms with Gasteiger partial charge in [-0.2, -0.15) is 0 Å². The zero-order valence-electron chi connectivity index (χ0n) is 16.3. The van der Waals surface area contributed by atoms with E-state index in [-0.39, 0.29) is 17.9 Å². The third-order valence-corrected chi connectivity index (χ3v) is 4.91. The summed E-state index contributed by atoms with van der Waals surface area (Å²) in [4.78, 5) is 30.5. The lowest BCUT2D eigenvalue weighted by atomic mass is 10.0. The molecule has 28 heavy (non-hydrogen) atoms. The maximum atomic E-state index is 12.4. The summed E-state index contributed by atoms with van der Waals surface area (Å²) in [5.74, 6) is 0.836. The van der Waals surface area contributed by atoms with E-state index in [0.717, 1.165) is 18.6 Å². The van der Waals surface area contributed by atoms with Crippen LogP contribution < -0.4 is 10.1 Å². The summed E-state index contributed by atoms with van der Waals surface area (Å²) < 4.78 is 5.68. The molecule has 1 N–H and O–H groups in total. The van der Waals surface area contributed by atoms with Gasteiger partial charge in [0.25, 0.3) is 5.91 Å². The molecule has 1 aliphatic rings. The van der Waals surface area contributed by atoms with Gasteiger partial charge >= 0.3 is 0 Å². The number of carbonyl (C=O) groups excluding carboxylic acids is 2. The lowest BCUT2D eigenvalue weighted by molar-refractivity contribution is -0.132. The van der Waals surface area contributed by atoms with Crippen molar-refractivity contribution in [1.29, 1.82) is 0 Å². The van der Waals surface area contributed by atoms with E-state index in [2.05, 4.69) is 10.3 Å². The molecule has 6 nitrogen and oxygen atoms in total. The zero-order chi connectivity index (χ0) is 19.8. The highest BCUT2D eigenvalue weighted by molar-refractivity contribution is 5.92. The van der Waals surface area contributed by atoms with Gasteiger partial charge in [0.2, 0.25) is 5.91 Å². The Kier molecular flexibility index (Phi) is 7.00. The minimum absolute atomic E-state index is 0.0865. The number of hydrogen-bond acceptors (Lipinski definition) is 4. The number of pyridine rings is 1. The standard InChI is InChI=1S/C22H27N3O3/c1-17-7-9-19(10-8-17)28-16-4-6-21(26)25-14-11-18(12-15-25)24-22(27)20-5-2-3-13-23-20/h2-3,5,7-10,13,18H,4,6,11-12,14-16H2,1H3,(H,24,27). The number of nitrogens with zero attached hydrogens (tertiary/aromatic N) is 2. The molecule has 148 valence electrons. The first kappa shape index (κ1) is 19.9. The van der Waals surface area contributed by atoms with Crippen LogP contribution in [0.15, 0.2) is 48.7 Å². The number of aryl methyl sites for hydroxylation is 1. The summed E-state index contributed by atoms with van der Waals surface area (Å²) in [5.41, 5.74) is 1.62. The predicted octanol–water partition coefficient (Wildman–Crippen LogP) is 2.97. The Balaban J connectivity index is 1.33. The number of amides is 2. The average molecular weight is 381 g/mol. The number of nitrogens with one attached hydrogen (secondary N) is 1. The van der Waals surface area contributed by atoms with Gasteiger partial charge in [-0.05, 0) is 50.5 Å². The lowest BCUT2D eigenvalue weighted by Crippen LogP contribution is -2.46. The van der Waals surface area contributed by atoms with Crippen molar-refractivity contribution in [2.24, 2.45) is 0 Å². The van der Waals surface area contributed by atoms with Crippen LogP contribution in [0.4, 0.5) is 0 Å². The maximum absolute atomic E-state index is 12.4. The third-order valence-electron chi connectivity index (χ3n) is 4.91. The summed E-state index contributed by atoms with van der Waals surface area (Å²) in [6.45, 7) is 3.91. The number of piperidine rings is 1. The fourth-order valence-corrected chi connectivity index (χ4v) is 3.24. The first-order chi connectivity index (χ1) is 13.6. The molecule has 1 aromatic heterocycles. The summed E-state index contributed by atoms with van der Waals surface area (Å²) in [6.07, 6.45) is 4.33. The molecule has 1 fully saturated rings. The Bertz CT molecular complexity index is 769. The average Bonchev–Trinajstić information content (AvgIpc) is 2.73. The van der Waals surface area contributed by atoms with Crippen LogP contribution in [0.1, 0.15) is 41.7 Å². The van der Waals surface area contributed by atoms with Gasteiger partial charge in [-0.1, -0.05) is 23.8 Å². The van der Waals surface area contributed by atoms with Crippen LogP contribution >= 0.6 is 0 Å². The van der Waals surface area contributed by atoms with E-state index >= 15 is 0 Å². The van der Waals surface area contributed by atoms with E-state index < -0.39 is 0 Å². The van der Waals surface area contributed by atoms with Gasteiger partial charge in [0.15, 0.2) is 0 Å². The molecule has 1 aliphatic heterocycles. The smallest absolute Gasteiger partial charge is 0.270 e. The Morgan fingerprint density at radius 2 is 1.89 bits per heavy atom. The van der Waals surface area contributed by atoms with Gasteiger partial charge in [-0.15, -0.1) is 0 Å². The summed E-state index contributed by atoms with van der Waals surface area (Å²) in [5, 5.41) is 3.01. The first-order valence-corrected chi connectivity index (χ1v) is 9.81. The van der Waals surface area contributed by atoms with Crippen LogP contribution in [-0.4, -0.2) is 47.4 Å². The summed E-state index contributed by atoms with van der Waals surface area (Å²) in [7, 11) is 0. The number of hydrogen-bond donors (Lipinski definition) is 1. The van der Waals surface area contributed by atoms with E-state index in [4.69, 9.17) is 4.74 Å². The molecule has 2 heterocycles. The van der Waals surface area contributed by atoms with Gasteiger partial charge in [0.05, 0.1) is 6.61 Å². The largest absolute Gasteiger partial charge is 0.494 e. The topological polar surface area (TPSA) is 71.5 Å². The highest BCUT2D eigenvalue weighted by Gasteiger charge is 2.24. The van der Waals surface area contributed by atoms with Gasteiger partial charge in [-0.25, -0.2) is 0 Å². The molecular weight excluding hydrogens is 354 g/mol. The van der Waals surface area contributed by atoms with Gasteiger partial charge in [0.1, 0.15) is 11.4 Å². The van der Waals surface area contributed by atoms with E-state index in [9.17, 15) is 9.59 Å².